The first-order valence-electron chi connectivity index (χ1n) is 9.52. The fourth-order valence-electron chi connectivity index (χ4n) is 3.18. The van der Waals surface area contributed by atoms with Gasteiger partial charge in [-0.15, -0.1) is 0 Å². The quantitative estimate of drug-likeness (QED) is 0.670. The van der Waals surface area contributed by atoms with E-state index >= 15 is 0 Å². The number of pyridine rings is 3. The summed E-state index contributed by atoms with van der Waals surface area (Å²) in [5.74, 6) is 1.21. The van der Waals surface area contributed by atoms with Crippen molar-refractivity contribution in [1.29, 1.82) is 0 Å². The number of amides is 1. The molecule has 3 aromatic rings. The van der Waals surface area contributed by atoms with Crippen LogP contribution in [0.15, 0.2) is 54.9 Å². The van der Waals surface area contributed by atoms with Gasteiger partial charge in [0.25, 0.3) is 5.91 Å². The normalized spacial score (nSPS) is 16.2. The summed E-state index contributed by atoms with van der Waals surface area (Å²) in [5.41, 5.74) is 1.27. The van der Waals surface area contributed by atoms with Gasteiger partial charge in [-0.25, -0.2) is 19.3 Å². The van der Waals surface area contributed by atoms with Crippen molar-refractivity contribution in [3.05, 3.63) is 71.9 Å². The zero-order chi connectivity index (χ0) is 20.9. The first kappa shape index (κ1) is 19.7. The molecule has 4 rings (SSSR count). The van der Waals surface area contributed by atoms with Gasteiger partial charge in [-0.1, -0.05) is 6.07 Å². The largest absolute Gasteiger partial charge is 0.373 e. The Balaban J connectivity index is 1.47. The summed E-state index contributed by atoms with van der Waals surface area (Å²) in [4.78, 5) is 27.4. The van der Waals surface area contributed by atoms with E-state index in [0.717, 1.165) is 6.20 Å². The van der Waals surface area contributed by atoms with Crippen molar-refractivity contribution < 1.29 is 13.9 Å². The third kappa shape index (κ3) is 4.52. The van der Waals surface area contributed by atoms with Crippen molar-refractivity contribution in [2.45, 2.75) is 6.10 Å². The van der Waals surface area contributed by atoms with Gasteiger partial charge >= 0.3 is 0 Å². The maximum absolute atomic E-state index is 13.0. The molecule has 0 aliphatic carbocycles. The van der Waals surface area contributed by atoms with E-state index in [0.29, 0.717) is 48.4 Å². The molecule has 1 amide bonds. The summed E-state index contributed by atoms with van der Waals surface area (Å²) in [6.07, 6.45) is 2.40. The van der Waals surface area contributed by atoms with Crippen LogP contribution in [0.1, 0.15) is 22.2 Å². The third-order valence-electron chi connectivity index (χ3n) is 4.70. The molecular weight excluding hydrogens is 387 g/mol. The van der Waals surface area contributed by atoms with Gasteiger partial charge in [-0.3, -0.25) is 4.79 Å². The molecule has 154 valence electrons. The molecule has 1 aliphatic heterocycles. The van der Waals surface area contributed by atoms with Crippen LogP contribution in [0, 0.1) is 5.82 Å². The van der Waals surface area contributed by atoms with E-state index < -0.39 is 5.82 Å². The number of ether oxygens (including phenoxy) is 1. The second-order valence-corrected chi connectivity index (χ2v) is 6.72. The van der Waals surface area contributed by atoms with Gasteiger partial charge in [-0.05, 0) is 36.4 Å². The molecule has 30 heavy (non-hydrogen) atoms. The standard InChI is InChI=1S/C21H21FN6O2/c1-23-20-11-14(7-8-24-20)21(29)28-9-10-30-17(13-28)16-3-2-4-19(26-16)27-18-6-5-15(22)12-25-18/h2-8,11-12,17H,9-10,13H2,1H3,(H,23,24)(H,25,26,27)/t17-/m0/s1. The molecule has 0 saturated carbocycles. The molecule has 0 unspecified atom stereocenters. The first-order chi connectivity index (χ1) is 14.6. The predicted molar refractivity (Wildman–Crippen MR) is 110 cm³/mol. The highest BCUT2D eigenvalue weighted by Crippen LogP contribution is 2.24. The van der Waals surface area contributed by atoms with Gasteiger partial charge in [0.05, 0.1) is 25.0 Å². The van der Waals surface area contributed by atoms with Crippen molar-refractivity contribution in [3.63, 3.8) is 0 Å². The van der Waals surface area contributed by atoms with Crippen LogP contribution < -0.4 is 10.6 Å². The number of hydrogen-bond acceptors (Lipinski definition) is 7. The molecule has 0 radical (unpaired) electrons. The molecule has 1 fully saturated rings. The molecule has 0 spiro atoms. The monoisotopic (exact) mass is 408 g/mol. The summed E-state index contributed by atoms with van der Waals surface area (Å²) in [6, 6.07) is 11.8. The Bertz CT molecular complexity index is 1030. The minimum Gasteiger partial charge on any atom is -0.373 e. The number of rotatable bonds is 5. The zero-order valence-corrected chi connectivity index (χ0v) is 16.4. The molecule has 0 bridgehead atoms. The lowest BCUT2D eigenvalue weighted by atomic mass is 10.1. The van der Waals surface area contributed by atoms with Gasteiger partial charge in [0.15, 0.2) is 0 Å². The number of aromatic nitrogens is 3. The van der Waals surface area contributed by atoms with E-state index in [2.05, 4.69) is 25.6 Å². The lowest BCUT2D eigenvalue weighted by Crippen LogP contribution is -2.42. The van der Waals surface area contributed by atoms with E-state index in [4.69, 9.17) is 4.74 Å². The van der Waals surface area contributed by atoms with Crippen LogP contribution in [0.5, 0.6) is 0 Å². The molecule has 8 nitrogen and oxygen atoms in total. The SMILES string of the molecule is CNc1cc(C(=O)N2CCO[C@H](c3cccc(Nc4ccc(F)cn4)n3)C2)ccn1. The smallest absolute Gasteiger partial charge is 0.254 e. The summed E-state index contributed by atoms with van der Waals surface area (Å²) in [7, 11) is 1.76. The number of nitrogens with one attached hydrogen (secondary N) is 2. The Morgan fingerprint density at radius 2 is 2.07 bits per heavy atom. The summed E-state index contributed by atoms with van der Waals surface area (Å²) >= 11 is 0. The van der Waals surface area contributed by atoms with Crippen LogP contribution in [0.4, 0.5) is 21.8 Å². The highest BCUT2D eigenvalue weighted by molar-refractivity contribution is 5.94. The van der Waals surface area contributed by atoms with E-state index in [1.165, 1.54) is 12.1 Å². The van der Waals surface area contributed by atoms with E-state index in [1.54, 1.807) is 36.3 Å². The van der Waals surface area contributed by atoms with E-state index in [-0.39, 0.29) is 12.0 Å². The first-order valence-corrected chi connectivity index (χ1v) is 9.52. The van der Waals surface area contributed by atoms with Crippen LogP contribution in [0.2, 0.25) is 0 Å². The summed E-state index contributed by atoms with van der Waals surface area (Å²) in [5, 5.41) is 5.98. The van der Waals surface area contributed by atoms with Crippen molar-refractivity contribution in [2.24, 2.45) is 0 Å². The molecule has 3 aromatic heterocycles. The topological polar surface area (TPSA) is 92.3 Å². The van der Waals surface area contributed by atoms with Crippen LogP contribution in [0.3, 0.4) is 0 Å². The summed E-state index contributed by atoms with van der Waals surface area (Å²) < 4.78 is 18.9. The maximum atomic E-state index is 13.0. The lowest BCUT2D eigenvalue weighted by molar-refractivity contribution is -0.0246. The van der Waals surface area contributed by atoms with Gasteiger partial charge in [-0.2, -0.15) is 0 Å². The number of carbonyl (C=O) groups is 1. The molecule has 1 atom stereocenters. The minimum absolute atomic E-state index is 0.0769. The van der Waals surface area contributed by atoms with Crippen LogP contribution in [-0.4, -0.2) is 52.5 Å². The molecular formula is C21H21FN6O2. The number of morpholine rings is 1. The van der Waals surface area contributed by atoms with Crippen molar-refractivity contribution >= 4 is 23.4 Å². The highest BCUT2D eigenvalue weighted by atomic mass is 19.1. The van der Waals surface area contributed by atoms with E-state index in [1.807, 2.05) is 12.1 Å². The fraction of sp³-hybridized carbons (Fsp3) is 0.238. The Labute approximate surface area is 173 Å². The fourth-order valence-corrected chi connectivity index (χ4v) is 3.18. The van der Waals surface area contributed by atoms with Crippen molar-refractivity contribution in [3.8, 4) is 0 Å². The van der Waals surface area contributed by atoms with Gasteiger partial charge in [0, 0.05) is 25.4 Å². The number of nitrogens with zero attached hydrogens (tertiary/aromatic N) is 4. The average Bonchev–Trinajstić information content (AvgIpc) is 2.80. The third-order valence-corrected chi connectivity index (χ3v) is 4.70. The highest BCUT2D eigenvalue weighted by Gasteiger charge is 2.27. The lowest BCUT2D eigenvalue weighted by Gasteiger charge is -2.33. The molecule has 1 aliphatic rings. The minimum atomic E-state index is -0.404. The second-order valence-electron chi connectivity index (χ2n) is 6.72. The second kappa shape index (κ2) is 8.83. The zero-order valence-electron chi connectivity index (χ0n) is 16.4. The molecule has 4 heterocycles. The maximum Gasteiger partial charge on any atom is 0.254 e. The van der Waals surface area contributed by atoms with E-state index in [9.17, 15) is 9.18 Å². The van der Waals surface area contributed by atoms with Gasteiger partial charge in [0.2, 0.25) is 0 Å². The Kier molecular flexibility index (Phi) is 5.80. The molecule has 1 saturated heterocycles. The predicted octanol–water partition coefficient (Wildman–Crippen LogP) is 3.01. The molecule has 2 N–H and O–H groups in total. The van der Waals surface area contributed by atoms with Crippen LogP contribution >= 0.6 is 0 Å². The number of carbonyl (C=O) groups excluding carboxylic acids is 1. The van der Waals surface area contributed by atoms with Gasteiger partial charge in [0.1, 0.15) is 29.4 Å². The number of halogens is 1. The Morgan fingerprint density at radius 3 is 2.87 bits per heavy atom. The van der Waals surface area contributed by atoms with Crippen molar-refractivity contribution in [1.82, 2.24) is 19.9 Å². The van der Waals surface area contributed by atoms with Crippen LogP contribution in [-0.2, 0) is 4.74 Å². The summed E-state index contributed by atoms with van der Waals surface area (Å²) in [6.45, 7) is 1.31. The number of anilines is 3. The van der Waals surface area contributed by atoms with Gasteiger partial charge < -0.3 is 20.3 Å². The Hall–Kier alpha value is -3.59. The Morgan fingerprint density at radius 1 is 1.17 bits per heavy atom. The number of hydrogen-bond donors (Lipinski definition) is 2. The molecule has 9 heteroatoms. The average molecular weight is 408 g/mol. The molecule has 0 aromatic carbocycles. The van der Waals surface area contributed by atoms with Crippen LogP contribution in [0.25, 0.3) is 0 Å². The van der Waals surface area contributed by atoms with Crippen molar-refractivity contribution in [2.75, 3.05) is 37.4 Å².